The third-order valence-corrected chi connectivity index (χ3v) is 4.18. The number of nitrogens with zero attached hydrogens (tertiary/aromatic N) is 2. The van der Waals surface area contributed by atoms with Crippen molar-refractivity contribution in [3.05, 3.63) is 60.3 Å². The smallest absolute Gasteiger partial charge is 0.249 e. The predicted octanol–water partition coefficient (Wildman–Crippen LogP) is 3.15. The third kappa shape index (κ3) is 3.03. The molecule has 0 radical (unpaired) electrons. The number of benzene rings is 2. The van der Waals surface area contributed by atoms with Crippen LogP contribution in [-0.2, 0) is 11.8 Å². The maximum Gasteiger partial charge on any atom is 0.249 e. The number of nitrogens with one attached hydrogen (secondary N) is 1. The molecule has 0 bridgehead atoms. The number of anilines is 1. The number of carbonyl (C=O) groups excluding carboxylic acids is 2. The molecule has 3 aromatic rings. The molecule has 1 heterocycles. The molecule has 0 aliphatic heterocycles. The van der Waals surface area contributed by atoms with Gasteiger partial charge in [0.15, 0.2) is 11.7 Å². The molecule has 1 atom stereocenters. The molecular weight excluding hydrogens is 330 g/mol. The fourth-order valence-corrected chi connectivity index (χ4v) is 2.88. The van der Waals surface area contributed by atoms with E-state index in [4.69, 9.17) is 4.74 Å². The topological polar surface area (TPSA) is 84.1 Å². The maximum absolute atomic E-state index is 12.9. The molecule has 6 heteroatoms. The van der Waals surface area contributed by atoms with Crippen LogP contribution in [0.1, 0.15) is 10.4 Å². The van der Waals surface area contributed by atoms with Crippen LogP contribution in [0.4, 0.5) is 5.69 Å². The average molecular weight is 347 g/mol. The van der Waals surface area contributed by atoms with Gasteiger partial charge in [-0.25, -0.2) is 0 Å². The first kappa shape index (κ1) is 17.2. The van der Waals surface area contributed by atoms with Gasteiger partial charge in [-0.05, 0) is 18.2 Å². The standard InChI is InChI=1S/C20H17N3O3/c1-23-12-15(13-7-3-5-9-17(13)23)19(24)14(11-21)20(25)22-16-8-4-6-10-18(16)26-2/h3-10,12,14H,1-2H3,(H,22,25)/t14-/m1/s1. The van der Waals surface area contributed by atoms with Gasteiger partial charge >= 0.3 is 0 Å². The molecule has 26 heavy (non-hydrogen) atoms. The van der Waals surface area contributed by atoms with Gasteiger partial charge in [-0.2, -0.15) is 5.26 Å². The second-order valence-electron chi connectivity index (χ2n) is 5.79. The Balaban J connectivity index is 1.91. The van der Waals surface area contributed by atoms with E-state index in [1.807, 2.05) is 31.3 Å². The van der Waals surface area contributed by atoms with Crippen LogP contribution in [0.3, 0.4) is 0 Å². The highest BCUT2D eigenvalue weighted by molar-refractivity contribution is 6.20. The molecular formula is C20H17N3O3. The summed E-state index contributed by atoms with van der Waals surface area (Å²) in [5, 5.41) is 12.8. The minimum absolute atomic E-state index is 0.352. The number of methoxy groups -OCH3 is 1. The molecule has 0 unspecified atom stereocenters. The summed E-state index contributed by atoms with van der Waals surface area (Å²) >= 11 is 0. The van der Waals surface area contributed by atoms with Gasteiger partial charge in [-0.3, -0.25) is 9.59 Å². The minimum atomic E-state index is -1.45. The lowest BCUT2D eigenvalue weighted by molar-refractivity contribution is -0.117. The van der Waals surface area contributed by atoms with E-state index in [0.717, 1.165) is 5.52 Å². The van der Waals surface area contributed by atoms with Gasteiger partial charge in [-0.15, -0.1) is 0 Å². The number of aromatic nitrogens is 1. The van der Waals surface area contributed by atoms with Crippen molar-refractivity contribution in [3.63, 3.8) is 0 Å². The van der Waals surface area contributed by atoms with Gasteiger partial charge in [0.05, 0.1) is 18.9 Å². The Bertz CT molecular complexity index is 1030. The van der Waals surface area contributed by atoms with Crippen molar-refractivity contribution in [1.29, 1.82) is 5.26 Å². The number of rotatable bonds is 5. The van der Waals surface area contributed by atoms with Crippen molar-refractivity contribution < 1.29 is 14.3 Å². The number of amides is 1. The number of aryl methyl sites for hydroxylation is 1. The largest absolute Gasteiger partial charge is 0.495 e. The monoisotopic (exact) mass is 347 g/mol. The van der Waals surface area contributed by atoms with Crippen molar-refractivity contribution in [2.75, 3.05) is 12.4 Å². The first-order chi connectivity index (χ1) is 12.6. The summed E-state index contributed by atoms with van der Waals surface area (Å²) in [6, 6.07) is 16.0. The highest BCUT2D eigenvalue weighted by Crippen LogP contribution is 2.26. The van der Waals surface area contributed by atoms with Crippen LogP contribution in [0.15, 0.2) is 54.7 Å². The van der Waals surface area contributed by atoms with Crippen LogP contribution in [0.5, 0.6) is 5.75 Å². The summed E-state index contributed by atoms with van der Waals surface area (Å²) < 4.78 is 6.98. The molecule has 0 aliphatic rings. The molecule has 0 spiro atoms. The summed E-state index contributed by atoms with van der Waals surface area (Å²) in [6.45, 7) is 0. The van der Waals surface area contributed by atoms with Crippen LogP contribution in [-0.4, -0.2) is 23.4 Å². The van der Waals surface area contributed by atoms with E-state index in [9.17, 15) is 14.9 Å². The molecule has 1 amide bonds. The molecule has 0 aliphatic carbocycles. The Morgan fingerprint density at radius 3 is 2.58 bits per heavy atom. The summed E-state index contributed by atoms with van der Waals surface area (Å²) in [4.78, 5) is 25.4. The summed E-state index contributed by atoms with van der Waals surface area (Å²) in [5.41, 5.74) is 1.62. The zero-order valence-corrected chi connectivity index (χ0v) is 14.4. The maximum atomic E-state index is 12.9. The van der Waals surface area contributed by atoms with Crippen LogP contribution in [0.25, 0.3) is 10.9 Å². The Morgan fingerprint density at radius 1 is 1.15 bits per heavy atom. The van der Waals surface area contributed by atoms with E-state index in [-0.39, 0.29) is 0 Å². The molecule has 2 aromatic carbocycles. The molecule has 0 fully saturated rings. The second-order valence-corrected chi connectivity index (χ2v) is 5.79. The van der Waals surface area contributed by atoms with Crippen LogP contribution < -0.4 is 10.1 Å². The molecule has 0 saturated heterocycles. The van der Waals surface area contributed by atoms with Gasteiger partial charge in [0.2, 0.25) is 5.91 Å². The van der Waals surface area contributed by atoms with Crippen LogP contribution >= 0.6 is 0 Å². The molecule has 1 aromatic heterocycles. The SMILES string of the molecule is COc1ccccc1NC(=O)[C@H](C#N)C(=O)c1cn(C)c2ccccc12. The van der Waals surface area contributed by atoms with Gasteiger partial charge in [-0.1, -0.05) is 30.3 Å². The normalized spacial score (nSPS) is 11.6. The molecule has 6 nitrogen and oxygen atoms in total. The van der Waals surface area contributed by atoms with Gasteiger partial charge < -0.3 is 14.6 Å². The second kappa shape index (κ2) is 7.11. The lowest BCUT2D eigenvalue weighted by atomic mass is 9.97. The number of carbonyl (C=O) groups is 2. The van der Waals surface area contributed by atoms with Crippen molar-refractivity contribution in [2.45, 2.75) is 0 Å². The number of nitriles is 1. The number of para-hydroxylation sites is 3. The number of ketones is 1. The van der Waals surface area contributed by atoms with E-state index >= 15 is 0 Å². The molecule has 3 rings (SSSR count). The molecule has 0 saturated carbocycles. The van der Waals surface area contributed by atoms with E-state index in [0.29, 0.717) is 22.4 Å². The zero-order valence-electron chi connectivity index (χ0n) is 14.4. The fourth-order valence-electron chi connectivity index (χ4n) is 2.88. The van der Waals surface area contributed by atoms with Crippen molar-refractivity contribution in [1.82, 2.24) is 4.57 Å². The van der Waals surface area contributed by atoms with E-state index in [1.165, 1.54) is 7.11 Å². The number of Topliss-reactive ketones (excluding diaryl/α,β-unsaturated/α-hetero) is 1. The van der Waals surface area contributed by atoms with Crippen molar-refractivity contribution in [2.24, 2.45) is 13.0 Å². The Labute approximate surface area is 150 Å². The van der Waals surface area contributed by atoms with Crippen molar-refractivity contribution in [3.8, 4) is 11.8 Å². The van der Waals surface area contributed by atoms with Gasteiger partial charge in [0.25, 0.3) is 0 Å². The Hall–Kier alpha value is -3.59. The average Bonchev–Trinajstić information content (AvgIpc) is 3.00. The number of hydrogen-bond acceptors (Lipinski definition) is 4. The van der Waals surface area contributed by atoms with Crippen molar-refractivity contribution >= 4 is 28.3 Å². The number of ether oxygens (including phenoxy) is 1. The predicted molar refractivity (Wildman–Crippen MR) is 98.0 cm³/mol. The van der Waals surface area contributed by atoms with Crippen LogP contribution in [0, 0.1) is 17.2 Å². The lowest BCUT2D eigenvalue weighted by Gasteiger charge is -2.12. The highest BCUT2D eigenvalue weighted by Gasteiger charge is 2.30. The Kier molecular flexibility index (Phi) is 4.72. The number of hydrogen-bond donors (Lipinski definition) is 1. The zero-order chi connectivity index (χ0) is 18.7. The van der Waals surface area contributed by atoms with E-state index in [2.05, 4.69) is 5.32 Å². The molecule has 130 valence electrons. The van der Waals surface area contributed by atoms with E-state index in [1.54, 1.807) is 41.1 Å². The fraction of sp³-hybridized carbons (Fsp3) is 0.150. The molecule has 1 N–H and O–H groups in total. The first-order valence-corrected chi connectivity index (χ1v) is 7.98. The third-order valence-electron chi connectivity index (χ3n) is 4.18. The number of fused-ring (bicyclic) bond motifs is 1. The Morgan fingerprint density at radius 2 is 1.85 bits per heavy atom. The van der Waals surface area contributed by atoms with Gasteiger partial charge in [0, 0.05) is 29.7 Å². The summed E-state index contributed by atoms with van der Waals surface area (Å²) in [7, 11) is 3.30. The van der Waals surface area contributed by atoms with E-state index < -0.39 is 17.6 Å². The summed E-state index contributed by atoms with van der Waals surface area (Å²) in [6.07, 6.45) is 1.65. The summed E-state index contributed by atoms with van der Waals surface area (Å²) in [5.74, 6) is -2.22. The van der Waals surface area contributed by atoms with Crippen LogP contribution in [0.2, 0.25) is 0 Å². The van der Waals surface area contributed by atoms with Gasteiger partial charge in [0.1, 0.15) is 5.75 Å². The quantitative estimate of drug-likeness (QED) is 0.568. The highest BCUT2D eigenvalue weighted by atomic mass is 16.5. The first-order valence-electron chi connectivity index (χ1n) is 7.98. The minimum Gasteiger partial charge on any atom is -0.495 e. The lowest BCUT2D eigenvalue weighted by Crippen LogP contribution is -2.28.